The third-order valence-corrected chi connectivity index (χ3v) is 13.5. The van der Waals surface area contributed by atoms with E-state index in [1.165, 1.54) is 154 Å². The number of quaternary nitrogens is 1. The average Bonchev–Trinajstić information content (AvgIpc) is 3.32. The molecule has 0 aromatic rings. The summed E-state index contributed by atoms with van der Waals surface area (Å²) in [5, 5.41) is 0. The molecule has 2 atom stereocenters. The zero-order valence-electron chi connectivity index (χ0n) is 46.2. The minimum Gasteiger partial charge on any atom is -0.756 e. The highest BCUT2D eigenvalue weighted by Crippen LogP contribution is 2.38. The number of phosphoric acid groups is 1. The maximum atomic E-state index is 12.8. The normalized spacial score (nSPS) is 13.7. The first kappa shape index (κ1) is 67.7. The van der Waals surface area contributed by atoms with Crippen LogP contribution in [0.2, 0.25) is 0 Å². The van der Waals surface area contributed by atoms with Gasteiger partial charge < -0.3 is 27.9 Å². The lowest BCUT2D eigenvalue weighted by atomic mass is 10.0. The van der Waals surface area contributed by atoms with Crippen molar-refractivity contribution in [2.24, 2.45) is 0 Å². The number of unbranched alkanes of at least 4 members (excludes halogenated alkanes) is 29. The summed E-state index contributed by atoms with van der Waals surface area (Å²) in [5.41, 5.74) is 0. The van der Waals surface area contributed by atoms with Crippen LogP contribution in [0.4, 0.5) is 0 Å². The Morgan fingerprint density at radius 1 is 0.457 bits per heavy atom. The topological polar surface area (TPSA) is 111 Å². The van der Waals surface area contributed by atoms with Crippen LogP contribution in [0, 0.1) is 0 Å². The first-order valence-corrected chi connectivity index (χ1v) is 30.5. The molecule has 0 heterocycles. The van der Waals surface area contributed by atoms with Gasteiger partial charge in [-0.15, -0.1) is 0 Å². The molecule has 0 aromatic heterocycles. The van der Waals surface area contributed by atoms with Gasteiger partial charge in [0.15, 0.2) is 6.10 Å². The molecule has 0 fully saturated rings. The predicted octanol–water partition coefficient (Wildman–Crippen LogP) is 17.3. The van der Waals surface area contributed by atoms with Crippen LogP contribution in [0.1, 0.15) is 258 Å². The van der Waals surface area contributed by atoms with Crippen molar-refractivity contribution in [2.45, 2.75) is 264 Å². The van der Waals surface area contributed by atoms with E-state index in [-0.39, 0.29) is 32.0 Å². The van der Waals surface area contributed by atoms with Gasteiger partial charge in [0, 0.05) is 12.8 Å². The van der Waals surface area contributed by atoms with Crippen molar-refractivity contribution >= 4 is 19.8 Å². The van der Waals surface area contributed by atoms with Gasteiger partial charge in [-0.3, -0.25) is 14.2 Å². The number of ether oxygens (including phenoxy) is 2. The van der Waals surface area contributed by atoms with E-state index in [2.05, 4.69) is 74.6 Å². The molecular formula is C60H110NO8P. The molecule has 0 radical (unpaired) electrons. The number of hydrogen-bond acceptors (Lipinski definition) is 8. The number of rotatable bonds is 53. The third kappa shape index (κ3) is 55.0. The van der Waals surface area contributed by atoms with Gasteiger partial charge in [-0.25, -0.2) is 0 Å². The standard InChI is InChI=1S/C60H110NO8P/c1-6-8-10-12-14-16-18-20-22-24-25-26-27-28-29-30-31-32-33-34-35-37-38-40-42-44-46-48-50-52-59(62)66-56-58(57-68-70(64,65)67-55-54-61(3,4)5)69-60(63)53-51-49-47-45-43-41-39-36-23-21-19-17-15-13-11-9-7-2/h9,11,15,17-18,20-21,23-25,58H,6-8,10,12-14,16,19,22,26-57H2,1-5H3/b11-9-,17-15-,20-18-,23-21-,25-24-. The van der Waals surface area contributed by atoms with Gasteiger partial charge in [0.1, 0.15) is 19.8 Å². The minimum atomic E-state index is -4.64. The molecule has 408 valence electrons. The van der Waals surface area contributed by atoms with E-state index in [4.69, 9.17) is 18.5 Å². The number of hydrogen-bond donors (Lipinski definition) is 0. The molecule has 0 aromatic carbocycles. The van der Waals surface area contributed by atoms with Crippen LogP contribution in [-0.4, -0.2) is 70.0 Å². The molecule has 0 spiro atoms. The maximum Gasteiger partial charge on any atom is 0.306 e. The molecule has 2 unspecified atom stereocenters. The Labute approximate surface area is 432 Å². The van der Waals surface area contributed by atoms with E-state index in [0.717, 1.165) is 70.6 Å². The van der Waals surface area contributed by atoms with Gasteiger partial charge in [-0.2, -0.15) is 0 Å². The maximum absolute atomic E-state index is 12.8. The molecule has 9 nitrogen and oxygen atoms in total. The monoisotopic (exact) mass is 1000 g/mol. The third-order valence-electron chi connectivity index (χ3n) is 12.5. The van der Waals surface area contributed by atoms with Gasteiger partial charge in [0.05, 0.1) is 27.7 Å². The van der Waals surface area contributed by atoms with E-state index >= 15 is 0 Å². The highest BCUT2D eigenvalue weighted by Gasteiger charge is 2.22. The zero-order chi connectivity index (χ0) is 51.3. The number of carbonyl (C=O) groups excluding carboxylic acids is 2. The lowest BCUT2D eigenvalue weighted by molar-refractivity contribution is -0.870. The van der Waals surface area contributed by atoms with Crippen LogP contribution in [-0.2, 0) is 32.7 Å². The first-order valence-electron chi connectivity index (χ1n) is 29.0. The highest BCUT2D eigenvalue weighted by atomic mass is 31.2. The van der Waals surface area contributed by atoms with E-state index in [9.17, 15) is 19.0 Å². The van der Waals surface area contributed by atoms with Crippen LogP contribution in [0.5, 0.6) is 0 Å². The number of allylic oxidation sites excluding steroid dienone is 10. The largest absolute Gasteiger partial charge is 0.756 e. The van der Waals surface area contributed by atoms with Crippen molar-refractivity contribution in [3.63, 3.8) is 0 Å². The molecule has 0 N–H and O–H groups in total. The zero-order valence-corrected chi connectivity index (χ0v) is 47.1. The Morgan fingerprint density at radius 3 is 1.21 bits per heavy atom. The molecule has 0 aliphatic heterocycles. The summed E-state index contributed by atoms with van der Waals surface area (Å²) in [7, 11) is 1.16. The Bertz CT molecular complexity index is 1370. The van der Waals surface area contributed by atoms with Crippen LogP contribution in [0.15, 0.2) is 60.8 Å². The summed E-state index contributed by atoms with van der Waals surface area (Å²) in [6.07, 6.45) is 65.6. The van der Waals surface area contributed by atoms with Crippen molar-refractivity contribution in [2.75, 3.05) is 47.5 Å². The lowest BCUT2D eigenvalue weighted by Gasteiger charge is -2.28. The molecular weight excluding hydrogens is 894 g/mol. The Balaban J connectivity index is 4.09. The van der Waals surface area contributed by atoms with Crippen LogP contribution in [0.3, 0.4) is 0 Å². The molecule has 0 amide bonds. The van der Waals surface area contributed by atoms with Crippen molar-refractivity contribution in [3.8, 4) is 0 Å². The Morgan fingerprint density at radius 2 is 0.814 bits per heavy atom. The van der Waals surface area contributed by atoms with E-state index < -0.39 is 26.5 Å². The molecule has 0 aliphatic carbocycles. The van der Waals surface area contributed by atoms with Crippen LogP contribution < -0.4 is 4.89 Å². The van der Waals surface area contributed by atoms with Crippen molar-refractivity contribution in [3.05, 3.63) is 60.8 Å². The fourth-order valence-electron chi connectivity index (χ4n) is 8.05. The van der Waals surface area contributed by atoms with Crippen molar-refractivity contribution in [1.82, 2.24) is 0 Å². The van der Waals surface area contributed by atoms with Crippen LogP contribution in [0.25, 0.3) is 0 Å². The van der Waals surface area contributed by atoms with Gasteiger partial charge >= 0.3 is 11.9 Å². The van der Waals surface area contributed by atoms with Gasteiger partial charge in [-0.1, -0.05) is 229 Å². The smallest absolute Gasteiger partial charge is 0.306 e. The van der Waals surface area contributed by atoms with Crippen molar-refractivity contribution < 1.29 is 42.1 Å². The van der Waals surface area contributed by atoms with E-state index in [1.807, 2.05) is 21.1 Å². The summed E-state index contributed by atoms with van der Waals surface area (Å²) in [6.45, 7) is 4.13. The van der Waals surface area contributed by atoms with Crippen molar-refractivity contribution in [1.29, 1.82) is 0 Å². The summed E-state index contributed by atoms with van der Waals surface area (Å²) in [5.74, 6) is -0.839. The van der Waals surface area contributed by atoms with Gasteiger partial charge in [0.25, 0.3) is 7.82 Å². The second kappa shape index (κ2) is 51.6. The van der Waals surface area contributed by atoms with Gasteiger partial charge in [-0.05, 0) is 77.0 Å². The molecule has 0 rings (SSSR count). The number of carbonyl (C=O) groups is 2. The summed E-state index contributed by atoms with van der Waals surface area (Å²) in [4.78, 5) is 37.8. The van der Waals surface area contributed by atoms with Gasteiger partial charge in [0.2, 0.25) is 0 Å². The second-order valence-electron chi connectivity index (χ2n) is 20.6. The van der Waals surface area contributed by atoms with Crippen LogP contribution >= 0.6 is 7.82 Å². The first-order chi connectivity index (χ1) is 34.0. The Hall–Kier alpha value is -2.29. The summed E-state index contributed by atoms with van der Waals surface area (Å²) in [6, 6.07) is 0. The SMILES string of the molecule is CC/C=C\C/C=C\C/C=C\CCCCCCCCCC(=O)OC(COC(=O)CCCCCCCCCCCCCCCCCCC/C=C\C/C=C\CCCCCCC)COP(=O)([O-])OCC[N+](C)(C)C. The number of nitrogens with zero attached hydrogens (tertiary/aromatic N) is 1. The molecule has 0 aliphatic rings. The summed E-state index contributed by atoms with van der Waals surface area (Å²) >= 11 is 0. The molecule has 10 heteroatoms. The molecule has 0 bridgehead atoms. The quantitative estimate of drug-likeness (QED) is 0.0195. The second-order valence-corrected chi connectivity index (χ2v) is 22.0. The minimum absolute atomic E-state index is 0.0339. The van der Waals surface area contributed by atoms with E-state index in [0.29, 0.717) is 17.4 Å². The van der Waals surface area contributed by atoms with E-state index in [1.54, 1.807) is 0 Å². The fraction of sp³-hybridized carbons (Fsp3) is 0.800. The lowest BCUT2D eigenvalue weighted by Crippen LogP contribution is -2.37. The fourth-order valence-corrected chi connectivity index (χ4v) is 8.78. The predicted molar refractivity (Wildman–Crippen MR) is 296 cm³/mol. The molecule has 70 heavy (non-hydrogen) atoms. The average molecular weight is 1000 g/mol. The summed E-state index contributed by atoms with van der Waals surface area (Å²) < 4.78 is 34.1. The Kier molecular flexibility index (Phi) is 49.9. The molecule has 0 saturated carbocycles. The highest BCUT2D eigenvalue weighted by molar-refractivity contribution is 7.45. The number of phosphoric ester groups is 1. The number of likely N-dealkylation sites (N-methyl/N-ethyl adjacent to an activating group) is 1. The molecule has 0 saturated heterocycles. The number of esters is 2.